The molecular formula is C14H20N2OS2. The molecule has 0 spiro atoms. The minimum Gasteiger partial charge on any atom is -0.375 e. The highest BCUT2D eigenvalue weighted by Crippen LogP contribution is 2.12. The Balaban J connectivity index is 1.63. The molecule has 0 fully saturated rings. The minimum atomic E-state index is 0.621. The Bertz CT molecular complexity index is 454. The number of nitrogens with zero attached hydrogens (tertiary/aromatic N) is 1. The molecule has 0 saturated heterocycles. The van der Waals surface area contributed by atoms with Crippen LogP contribution in [0.2, 0.25) is 0 Å². The molecule has 2 aromatic heterocycles. The van der Waals surface area contributed by atoms with Crippen molar-refractivity contribution in [2.24, 2.45) is 0 Å². The van der Waals surface area contributed by atoms with E-state index in [1.54, 1.807) is 22.7 Å². The number of ether oxygens (including phenoxy) is 1. The summed E-state index contributed by atoms with van der Waals surface area (Å²) in [4.78, 5) is 5.93. The standard InChI is InChI=1S/C14H20N2OS2/c1-2-6-15-9-14-16-12(11-19-14)10-17-7-5-13-4-3-8-18-13/h3-4,8,11,15H,2,5-7,9-10H2,1H3. The van der Waals surface area contributed by atoms with Gasteiger partial charge in [0.25, 0.3) is 0 Å². The average Bonchev–Trinajstić information content (AvgIpc) is 3.06. The van der Waals surface area contributed by atoms with Gasteiger partial charge in [-0.05, 0) is 24.4 Å². The van der Waals surface area contributed by atoms with Gasteiger partial charge in [-0.15, -0.1) is 22.7 Å². The first-order chi connectivity index (χ1) is 9.38. The highest BCUT2D eigenvalue weighted by atomic mass is 32.1. The zero-order chi connectivity index (χ0) is 13.3. The predicted molar refractivity (Wildman–Crippen MR) is 81.8 cm³/mol. The lowest BCUT2D eigenvalue weighted by atomic mass is 10.4. The van der Waals surface area contributed by atoms with Crippen molar-refractivity contribution in [3.8, 4) is 0 Å². The first kappa shape index (κ1) is 14.7. The van der Waals surface area contributed by atoms with Crippen LogP contribution in [0.15, 0.2) is 22.9 Å². The van der Waals surface area contributed by atoms with E-state index in [2.05, 4.69) is 40.1 Å². The summed E-state index contributed by atoms with van der Waals surface area (Å²) in [7, 11) is 0. The van der Waals surface area contributed by atoms with Gasteiger partial charge in [0, 0.05) is 23.2 Å². The summed E-state index contributed by atoms with van der Waals surface area (Å²) < 4.78 is 5.66. The number of rotatable bonds is 9. The maximum Gasteiger partial charge on any atom is 0.107 e. The monoisotopic (exact) mass is 296 g/mol. The van der Waals surface area contributed by atoms with Crippen molar-refractivity contribution in [2.45, 2.75) is 32.9 Å². The molecule has 19 heavy (non-hydrogen) atoms. The maximum absolute atomic E-state index is 5.66. The summed E-state index contributed by atoms with van der Waals surface area (Å²) in [6.45, 7) is 5.47. The van der Waals surface area contributed by atoms with E-state index < -0.39 is 0 Å². The highest BCUT2D eigenvalue weighted by molar-refractivity contribution is 7.10. The van der Waals surface area contributed by atoms with Crippen molar-refractivity contribution in [1.29, 1.82) is 0 Å². The summed E-state index contributed by atoms with van der Waals surface area (Å²) in [5, 5.41) is 8.70. The van der Waals surface area contributed by atoms with Gasteiger partial charge in [-0.1, -0.05) is 13.0 Å². The van der Waals surface area contributed by atoms with E-state index in [1.807, 2.05) is 0 Å². The van der Waals surface area contributed by atoms with Crippen LogP contribution in [0.25, 0.3) is 0 Å². The quantitative estimate of drug-likeness (QED) is 0.720. The molecular weight excluding hydrogens is 276 g/mol. The highest BCUT2D eigenvalue weighted by Gasteiger charge is 2.02. The second-order valence-electron chi connectivity index (χ2n) is 4.29. The normalized spacial score (nSPS) is 11.0. The van der Waals surface area contributed by atoms with E-state index in [0.717, 1.165) is 43.2 Å². The SMILES string of the molecule is CCCNCc1nc(COCCc2cccs2)cs1. The Hall–Kier alpha value is -0.750. The van der Waals surface area contributed by atoms with Gasteiger partial charge in [-0.25, -0.2) is 4.98 Å². The fourth-order valence-electron chi connectivity index (χ4n) is 1.67. The molecule has 0 saturated carbocycles. The van der Waals surface area contributed by atoms with Gasteiger partial charge in [0.2, 0.25) is 0 Å². The zero-order valence-electron chi connectivity index (χ0n) is 11.2. The Morgan fingerprint density at radius 2 is 2.32 bits per heavy atom. The molecule has 0 aliphatic heterocycles. The molecule has 0 bridgehead atoms. The van der Waals surface area contributed by atoms with Gasteiger partial charge < -0.3 is 10.1 Å². The molecule has 0 aliphatic carbocycles. The molecule has 0 unspecified atom stereocenters. The van der Waals surface area contributed by atoms with Crippen LogP contribution in [0, 0.1) is 0 Å². The predicted octanol–water partition coefficient (Wildman–Crippen LogP) is 3.46. The summed E-state index contributed by atoms with van der Waals surface area (Å²) in [5.41, 5.74) is 1.05. The number of aromatic nitrogens is 1. The second kappa shape index (κ2) is 8.43. The molecule has 2 rings (SSSR count). The van der Waals surface area contributed by atoms with Gasteiger partial charge >= 0.3 is 0 Å². The fourth-order valence-corrected chi connectivity index (χ4v) is 3.11. The van der Waals surface area contributed by atoms with E-state index >= 15 is 0 Å². The van der Waals surface area contributed by atoms with Crippen LogP contribution in [-0.4, -0.2) is 18.1 Å². The van der Waals surface area contributed by atoms with Crippen molar-refractivity contribution >= 4 is 22.7 Å². The third-order valence-corrected chi connectivity index (χ3v) is 4.46. The average molecular weight is 296 g/mol. The zero-order valence-corrected chi connectivity index (χ0v) is 12.9. The number of nitrogens with one attached hydrogen (secondary N) is 1. The topological polar surface area (TPSA) is 34.2 Å². The largest absolute Gasteiger partial charge is 0.375 e. The molecule has 1 N–H and O–H groups in total. The summed E-state index contributed by atoms with van der Waals surface area (Å²) in [6.07, 6.45) is 2.15. The molecule has 0 aromatic carbocycles. The second-order valence-corrected chi connectivity index (χ2v) is 6.27. The van der Waals surface area contributed by atoms with Gasteiger partial charge in [-0.3, -0.25) is 0 Å². The lowest BCUT2D eigenvalue weighted by molar-refractivity contribution is 0.122. The summed E-state index contributed by atoms with van der Waals surface area (Å²) >= 11 is 3.49. The van der Waals surface area contributed by atoms with Gasteiger partial charge in [0.15, 0.2) is 0 Å². The molecule has 2 heterocycles. The number of hydrogen-bond donors (Lipinski definition) is 1. The summed E-state index contributed by atoms with van der Waals surface area (Å²) in [5.74, 6) is 0. The van der Waals surface area contributed by atoms with Gasteiger partial charge in [0.1, 0.15) is 5.01 Å². The smallest absolute Gasteiger partial charge is 0.107 e. The van der Waals surface area contributed by atoms with E-state index in [-0.39, 0.29) is 0 Å². The van der Waals surface area contributed by atoms with E-state index in [1.165, 1.54) is 4.88 Å². The van der Waals surface area contributed by atoms with E-state index in [4.69, 9.17) is 4.74 Å². The van der Waals surface area contributed by atoms with Crippen LogP contribution < -0.4 is 5.32 Å². The number of thiazole rings is 1. The van der Waals surface area contributed by atoms with Crippen LogP contribution in [-0.2, 0) is 24.3 Å². The molecule has 3 nitrogen and oxygen atoms in total. The van der Waals surface area contributed by atoms with Crippen molar-refractivity contribution < 1.29 is 4.74 Å². The Morgan fingerprint density at radius 3 is 3.11 bits per heavy atom. The van der Waals surface area contributed by atoms with Crippen molar-refractivity contribution in [2.75, 3.05) is 13.2 Å². The molecule has 5 heteroatoms. The molecule has 0 aliphatic rings. The third kappa shape index (κ3) is 5.40. The van der Waals surface area contributed by atoms with Crippen LogP contribution in [0.3, 0.4) is 0 Å². The third-order valence-electron chi connectivity index (χ3n) is 2.63. The lowest BCUT2D eigenvalue weighted by Gasteiger charge is -2.01. The molecule has 2 aromatic rings. The summed E-state index contributed by atoms with van der Waals surface area (Å²) in [6, 6.07) is 4.23. The Kier molecular flexibility index (Phi) is 6.50. The molecule has 0 radical (unpaired) electrons. The van der Waals surface area contributed by atoms with E-state index in [9.17, 15) is 0 Å². The Morgan fingerprint density at radius 1 is 1.37 bits per heavy atom. The maximum atomic E-state index is 5.66. The van der Waals surface area contributed by atoms with Crippen LogP contribution >= 0.6 is 22.7 Å². The van der Waals surface area contributed by atoms with Crippen molar-refractivity contribution in [3.05, 3.63) is 38.5 Å². The van der Waals surface area contributed by atoms with Crippen LogP contribution in [0.5, 0.6) is 0 Å². The van der Waals surface area contributed by atoms with Crippen LogP contribution in [0.4, 0.5) is 0 Å². The van der Waals surface area contributed by atoms with Crippen molar-refractivity contribution in [3.63, 3.8) is 0 Å². The molecule has 104 valence electrons. The lowest BCUT2D eigenvalue weighted by Crippen LogP contribution is -2.13. The first-order valence-corrected chi connectivity index (χ1v) is 8.38. The van der Waals surface area contributed by atoms with Gasteiger partial charge in [0.05, 0.1) is 18.9 Å². The minimum absolute atomic E-state index is 0.621. The first-order valence-electron chi connectivity index (χ1n) is 6.62. The number of thiophene rings is 1. The van der Waals surface area contributed by atoms with Crippen molar-refractivity contribution in [1.82, 2.24) is 10.3 Å². The molecule has 0 amide bonds. The molecule has 0 atom stereocenters. The fraction of sp³-hybridized carbons (Fsp3) is 0.500. The Labute approximate surface area is 122 Å². The van der Waals surface area contributed by atoms with E-state index in [0.29, 0.717) is 6.61 Å². The number of hydrogen-bond acceptors (Lipinski definition) is 5. The van der Waals surface area contributed by atoms with Crippen LogP contribution in [0.1, 0.15) is 28.9 Å². The van der Waals surface area contributed by atoms with Gasteiger partial charge in [-0.2, -0.15) is 0 Å².